The molecule has 0 aliphatic carbocycles. The van der Waals surface area contributed by atoms with E-state index in [1.165, 1.54) is 10.6 Å². The van der Waals surface area contributed by atoms with Crippen LogP contribution in [0, 0.1) is 0 Å². The van der Waals surface area contributed by atoms with Gasteiger partial charge in [-0.15, -0.1) is 0 Å². The van der Waals surface area contributed by atoms with Crippen LogP contribution in [0.3, 0.4) is 0 Å². The molecule has 4 nitrogen and oxygen atoms in total. The van der Waals surface area contributed by atoms with Gasteiger partial charge in [-0.05, 0) is 31.0 Å². The van der Waals surface area contributed by atoms with Crippen LogP contribution in [0.2, 0.25) is 0 Å². The molecule has 1 aliphatic rings. The summed E-state index contributed by atoms with van der Waals surface area (Å²) in [5.41, 5.74) is 1.91. The van der Waals surface area contributed by atoms with Gasteiger partial charge in [0.2, 0.25) is 10.0 Å². The first-order chi connectivity index (χ1) is 8.54. The first kappa shape index (κ1) is 13.4. The lowest BCUT2D eigenvalue weighted by Crippen LogP contribution is -2.39. The van der Waals surface area contributed by atoms with E-state index in [9.17, 15) is 8.42 Å². The molecule has 1 aliphatic heterocycles. The molecule has 5 heteroatoms. The topological polar surface area (TPSA) is 49.4 Å². The third-order valence-corrected chi connectivity index (χ3v) is 4.42. The first-order valence-corrected chi connectivity index (χ1v) is 8.19. The molecule has 0 bridgehead atoms. The SMILES string of the molecule is CCCNC1CCN(S(C)(=O)=O)c2ccccc21. The second kappa shape index (κ2) is 5.28. The number of nitrogens with zero attached hydrogens (tertiary/aromatic N) is 1. The fraction of sp³-hybridized carbons (Fsp3) is 0.538. The minimum absolute atomic E-state index is 0.263. The monoisotopic (exact) mass is 268 g/mol. The molecule has 1 aromatic rings. The number of hydrogen-bond acceptors (Lipinski definition) is 3. The molecular weight excluding hydrogens is 248 g/mol. The van der Waals surface area contributed by atoms with Crippen LogP contribution in [0.1, 0.15) is 31.4 Å². The van der Waals surface area contributed by atoms with Crippen molar-refractivity contribution in [1.29, 1.82) is 0 Å². The summed E-state index contributed by atoms with van der Waals surface area (Å²) < 4.78 is 25.1. The van der Waals surface area contributed by atoms with Gasteiger partial charge in [0.25, 0.3) is 0 Å². The van der Waals surface area contributed by atoms with E-state index in [1.54, 1.807) is 0 Å². The molecular formula is C13H20N2O2S. The molecule has 0 radical (unpaired) electrons. The van der Waals surface area contributed by atoms with Crippen LogP contribution in [0.25, 0.3) is 0 Å². The normalized spacial score (nSPS) is 19.7. The molecule has 0 saturated carbocycles. The molecule has 1 aromatic carbocycles. The number of hydrogen-bond donors (Lipinski definition) is 1. The Hall–Kier alpha value is -1.07. The van der Waals surface area contributed by atoms with E-state index in [0.29, 0.717) is 6.54 Å². The Morgan fingerprint density at radius 2 is 2.11 bits per heavy atom. The zero-order valence-electron chi connectivity index (χ0n) is 10.9. The van der Waals surface area contributed by atoms with Crippen LogP contribution in [-0.4, -0.2) is 27.8 Å². The summed E-state index contributed by atoms with van der Waals surface area (Å²) in [5.74, 6) is 0. The Labute approximate surface area is 109 Å². The van der Waals surface area contributed by atoms with E-state index in [0.717, 1.165) is 30.6 Å². The predicted molar refractivity (Wildman–Crippen MR) is 74.3 cm³/mol. The number of fused-ring (bicyclic) bond motifs is 1. The van der Waals surface area contributed by atoms with Crippen LogP contribution in [0.4, 0.5) is 5.69 Å². The van der Waals surface area contributed by atoms with Gasteiger partial charge in [-0.3, -0.25) is 4.31 Å². The van der Waals surface area contributed by atoms with Gasteiger partial charge in [-0.1, -0.05) is 25.1 Å². The zero-order chi connectivity index (χ0) is 13.2. The zero-order valence-corrected chi connectivity index (χ0v) is 11.7. The molecule has 1 N–H and O–H groups in total. The molecule has 0 saturated heterocycles. The number of nitrogens with one attached hydrogen (secondary N) is 1. The second-order valence-electron chi connectivity index (χ2n) is 4.69. The molecule has 18 heavy (non-hydrogen) atoms. The summed E-state index contributed by atoms with van der Waals surface area (Å²) in [4.78, 5) is 0. The van der Waals surface area contributed by atoms with E-state index in [-0.39, 0.29) is 6.04 Å². The van der Waals surface area contributed by atoms with Crippen molar-refractivity contribution >= 4 is 15.7 Å². The van der Waals surface area contributed by atoms with E-state index in [1.807, 2.05) is 24.3 Å². The maximum Gasteiger partial charge on any atom is 0.232 e. The summed E-state index contributed by atoms with van der Waals surface area (Å²) in [6.45, 7) is 3.64. The average molecular weight is 268 g/mol. The number of benzene rings is 1. The molecule has 100 valence electrons. The fourth-order valence-electron chi connectivity index (χ4n) is 2.41. The Bertz CT molecular complexity index is 513. The van der Waals surface area contributed by atoms with Gasteiger partial charge >= 0.3 is 0 Å². The Kier molecular flexibility index (Phi) is 3.92. The van der Waals surface area contributed by atoms with Crippen molar-refractivity contribution in [1.82, 2.24) is 5.32 Å². The van der Waals surface area contributed by atoms with Crippen molar-refractivity contribution in [3.63, 3.8) is 0 Å². The number of sulfonamides is 1. The molecule has 0 spiro atoms. The highest BCUT2D eigenvalue weighted by atomic mass is 32.2. The van der Waals surface area contributed by atoms with Crippen LogP contribution in [-0.2, 0) is 10.0 Å². The summed E-state index contributed by atoms with van der Waals surface area (Å²) in [5, 5.41) is 3.48. The molecule has 1 unspecified atom stereocenters. The Balaban J connectivity index is 2.34. The number of para-hydroxylation sites is 1. The van der Waals surface area contributed by atoms with Crippen LogP contribution in [0.5, 0.6) is 0 Å². The third kappa shape index (κ3) is 2.67. The van der Waals surface area contributed by atoms with Gasteiger partial charge in [0, 0.05) is 12.6 Å². The van der Waals surface area contributed by atoms with E-state index < -0.39 is 10.0 Å². The van der Waals surface area contributed by atoms with Crippen LogP contribution < -0.4 is 9.62 Å². The fourth-order valence-corrected chi connectivity index (χ4v) is 3.37. The largest absolute Gasteiger partial charge is 0.310 e. The van der Waals surface area contributed by atoms with Gasteiger partial charge in [0.05, 0.1) is 11.9 Å². The molecule has 0 fully saturated rings. The molecule has 0 aromatic heterocycles. The minimum atomic E-state index is -3.18. The number of rotatable bonds is 4. The summed E-state index contributed by atoms with van der Waals surface area (Å²) in [7, 11) is -3.18. The smallest absolute Gasteiger partial charge is 0.232 e. The second-order valence-corrected chi connectivity index (χ2v) is 6.60. The third-order valence-electron chi connectivity index (χ3n) is 3.24. The average Bonchev–Trinajstić information content (AvgIpc) is 2.34. The molecule has 0 amide bonds. The van der Waals surface area contributed by atoms with Gasteiger partial charge in [0.15, 0.2) is 0 Å². The maximum atomic E-state index is 11.8. The van der Waals surface area contributed by atoms with Crippen LogP contribution >= 0.6 is 0 Å². The lowest BCUT2D eigenvalue weighted by atomic mass is 9.98. The van der Waals surface area contributed by atoms with E-state index >= 15 is 0 Å². The van der Waals surface area contributed by atoms with Crippen LogP contribution in [0.15, 0.2) is 24.3 Å². The van der Waals surface area contributed by atoms with Crippen molar-refractivity contribution in [3.05, 3.63) is 29.8 Å². The van der Waals surface area contributed by atoms with Gasteiger partial charge in [-0.2, -0.15) is 0 Å². The summed E-state index contributed by atoms with van der Waals surface area (Å²) >= 11 is 0. The van der Waals surface area contributed by atoms with Gasteiger partial charge < -0.3 is 5.32 Å². The highest BCUT2D eigenvalue weighted by Gasteiger charge is 2.28. The van der Waals surface area contributed by atoms with Gasteiger partial charge in [-0.25, -0.2) is 8.42 Å². The van der Waals surface area contributed by atoms with Crippen molar-refractivity contribution < 1.29 is 8.42 Å². The van der Waals surface area contributed by atoms with Crippen molar-refractivity contribution in [2.45, 2.75) is 25.8 Å². The van der Waals surface area contributed by atoms with Crippen molar-refractivity contribution in [3.8, 4) is 0 Å². The van der Waals surface area contributed by atoms with Gasteiger partial charge in [0.1, 0.15) is 0 Å². The molecule has 1 heterocycles. The lowest BCUT2D eigenvalue weighted by molar-refractivity contribution is 0.489. The van der Waals surface area contributed by atoms with E-state index in [2.05, 4.69) is 12.2 Å². The minimum Gasteiger partial charge on any atom is -0.310 e. The highest BCUT2D eigenvalue weighted by Crippen LogP contribution is 2.34. The van der Waals surface area contributed by atoms with Crippen molar-refractivity contribution in [2.24, 2.45) is 0 Å². The standard InChI is InChI=1S/C13H20N2O2S/c1-3-9-14-12-8-10-15(18(2,16)17)13-7-5-4-6-11(12)13/h4-7,12,14H,3,8-10H2,1-2H3. The van der Waals surface area contributed by atoms with Crippen molar-refractivity contribution in [2.75, 3.05) is 23.7 Å². The molecule has 2 rings (SSSR count). The Morgan fingerprint density at radius 3 is 2.78 bits per heavy atom. The maximum absolute atomic E-state index is 11.8. The molecule has 1 atom stereocenters. The lowest BCUT2D eigenvalue weighted by Gasteiger charge is -2.34. The first-order valence-electron chi connectivity index (χ1n) is 6.34. The summed E-state index contributed by atoms with van der Waals surface area (Å²) in [6.07, 6.45) is 3.17. The highest BCUT2D eigenvalue weighted by molar-refractivity contribution is 7.92. The number of anilines is 1. The predicted octanol–water partition coefficient (Wildman–Crippen LogP) is 1.90. The summed E-state index contributed by atoms with van der Waals surface area (Å²) in [6, 6.07) is 8.01. The van der Waals surface area contributed by atoms with E-state index in [4.69, 9.17) is 0 Å². The Morgan fingerprint density at radius 1 is 1.39 bits per heavy atom. The quantitative estimate of drug-likeness (QED) is 0.907.